The second kappa shape index (κ2) is 5.87. The SMILES string of the molecule is O=C(NCC1(C(=O)O)CCCC1)Nc1ncc(Br)s1. The molecule has 6 nitrogen and oxygen atoms in total. The van der Waals surface area contributed by atoms with E-state index in [0.717, 1.165) is 16.6 Å². The molecular weight excluding hydrogens is 334 g/mol. The molecule has 0 atom stereocenters. The summed E-state index contributed by atoms with van der Waals surface area (Å²) in [6, 6.07) is -0.422. The van der Waals surface area contributed by atoms with Crippen molar-refractivity contribution in [1.82, 2.24) is 10.3 Å². The molecule has 1 fully saturated rings. The standard InChI is InChI=1S/C11H14BrN3O3S/c12-7-5-13-10(19-7)15-9(18)14-6-11(8(16)17)3-1-2-4-11/h5H,1-4,6H2,(H,16,17)(H2,13,14,15,18). The van der Waals surface area contributed by atoms with Crippen LogP contribution in [0.3, 0.4) is 0 Å². The maximum atomic E-state index is 11.7. The fourth-order valence-corrected chi connectivity index (χ4v) is 3.32. The van der Waals surface area contributed by atoms with E-state index in [-0.39, 0.29) is 6.54 Å². The molecule has 0 aromatic carbocycles. The van der Waals surface area contributed by atoms with Crippen molar-refractivity contribution >= 4 is 44.4 Å². The summed E-state index contributed by atoms with van der Waals surface area (Å²) < 4.78 is 0.820. The molecular formula is C11H14BrN3O3S. The van der Waals surface area contributed by atoms with Crippen LogP contribution >= 0.6 is 27.3 Å². The van der Waals surface area contributed by atoms with Crippen molar-refractivity contribution in [3.8, 4) is 0 Å². The third-order valence-electron chi connectivity index (χ3n) is 3.30. The Labute approximate surface area is 122 Å². The molecule has 8 heteroatoms. The van der Waals surface area contributed by atoms with Gasteiger partial charge in [0.1, 0.15) is 0 Å². The maximum Gasteiger partial charge on any atom is 0.321 e. The Bertz CT molecular complexity index is 485. The second-order valence-electron chi connectivity index (χ2n) is 4.57. The van der Waals surface area contributed by atoms with E-state index < -0.39 is 17.4 Å². The Morgan fingerprint density at radius 2 is 2.16 bits per heavy atom. The van der Waals surface area contributed by atoms with Crippen LogP contribution in [-0.4, -0.2) is 28.6 Å². The number of nitrogens with zero attached hydrogens (tertiary/aromatic N) is 1. The molecule has 1 aliphatic carbocycles. The first-order valence-corrected chi connectivity index (χ1v) is 7.52. The molecule has 19 heavy (non-hydrogen) atoms. The molecule has 0 aliphatic heterocycles. The monoisotopic (exact) mass is 347 g/mol. The van der Waals surface area contributed by atoms with E-state index in [1.165, 1.54) is 11.3 Å². The first-order valence-electron chi connectivity index (χ1n) is 5.91. The van der Waals surface area contributed by atoms with Crippen LogP contribution in [0, 0.1) is 5.41 Å². The lowest BCUT2D eigenvalue weighted by Crippen LogP contribution is -2.42. The molecule has 1 aliphatic rings. The Morgan fingerprint density at radius 3 is 2.68 bits per heavy atom. The zero-order valence-electron chi connectivity index (χ0n) is 10.1. The zero-order valence-corrected chi connectivity index (χ0v) is 12.5. The molecule has 0 spiro atoms. The van der Waals surface area contributed by atoms with E-state index in [4.69, 9.17) is 0 Å². The summed E-state index contributed by atoms with van der Waals surface area (Å²) in [5.41, 5.74) is -0.805. The van der Waals surface area contributed by atoms with Gasteiger partial charge in [0.2, 0.25) is 0 Å². The van der Waals surface area contributed by atoms with Gasteiger partial charge in [0.15, 0.2) is 5.13 Å². The quantitative estimate of drug-likeness (QED) is 0.780. The van der Waals surface area contributed by atoms with Gasteiger partial charge in [-0.2, -0.15) is 0 Å². The number of aromatic nitrogens is 1. The highest BCUT2D eigenvalue weighted by atomic mass is 79.9. The minimum Gasteiger partial charge on any atom is -0.481 e. The van der Waals surface area contributed by atoms with Crippen LogP contribution in [0.4, 0.5) is 9.93 Å². The van der Waals surface area contributed by atoms with Crippen LogP contribution in [0.15, 0.2) is 9.98 Å². The number of aliphatic carboxylic acids is 1. The maximum absolute atomic E-state index is 11.7. The average Bonchev–Trinajstić information content (AvgIpc) is 2.97. The van der Waals surface area contributed by atoms with Crippen molar-refractivity contribution in [3.05, 3.63) is 9.98 Å². The van der Waals surface area contributed by atoms with E-state index >= 15 is 0 Å². The van der Waals surface area contributed by atoms with Crippen molar-refractivity contribution in [3.63, 3.8) is 0 Å². The fourth-order valence-electron chi connectivity index (χ4n) is 2.22. The van der Waals surface area contributed by atoms with E-state index in [1.807, 2.05) is 0 Å². The molecule has 0 radical (unpaired) electrons. The highest BCUT2D eigenvalue weighted by molar-refractivity contribution is 9.11. The third kappa shape index (κ3) is 3.44. The van der Waals surface area contributed by atoms with Crippen LogP contribution in [0.1, 0.15) is 25.7 Å². The number of hydrogen-bond donors (Lipinski definition) is 3. The van der Waals surface area contributed by atoms with Gasteiger partial charge < -0.3 is 10.4 Å². The molecule has 0 unspecified atom stereocenters. The summed E-state index contributed by atoms with van der Waals surface area (Å²) in [7, 11) is 0. The van der Waals surface area contributed by atoms with Gasteiger partial charge in [0.25, 0.3) is 0 Å². The number of hydrogen-bond acceptors (Lipinski definition) is 4. The number of amides is 2. The summed E-state index contributed by atoms with van der Waals surface area (Å²) in [5.74, 6) is -0.831. The summed E-state index contributed by atoms with van der Waals surface area (Å²) in [6.07, 6.45) is 4.62. The number of carbonyl (C=O) groups is 2. The van der Waals surface area contributed by atoms with Gasteiger partial charge in [-0.3, -0.25) is 10.1 Å². The number of nitrogens with one attached hydrogen (secondary N) is 2. The van der Waals surface area contributed by atoms with Gasteiger partial charge in [0.05, 0.1) is 15.4 Å². The van der Waals surface area contributed by atoms with Crippen LogP contribution in [0.5, 0.6) is 0 Å². The normalized spacial score (nSPS) is 17.1. The Balaban J connectivity index is 1.87. The third-order valence-corrected chi connectivity index (χ3v) is 4.69. The molecule has 2 amide bonds. The predicted octanol–water partition coefficient (Wildman–Crippen LogP) is 2.67. The second-order valence-corrected chi connectivity index (χ2v) is 6.98. The number of urea groups is 1. The minimum atomic E-state index is -0.831. The molecule has 3 N–H and O–H groups in total. The lowest BCUT2D eigenvalue weighted by molar-refractivity contribution is -0.148. The Kier molecular flexibility index (Phi) is 4.41. The van der Waals surface area contributed by atoms with Crippen molar-refractivity contribution in [2.24, 2.45) is 5.41 Å². The summed E-state index contributed by atoms with van der Waals surface area (Å²) >= 11 is 4.55. The fraction of sp³-hybridized carbons (Fsp3) is 0.545. The highest BCUT2D eigenvalue weighted by Crippen LogP contribution is 2.37. The molecule has 104 valence electrons. The number of carbonyl (C=O) groups excluding carboxylic acids is 1. The van der Waals surface area contributed by atoms with E-state index in [9.17, 15) is 14.7 Å². The van der Waals surface area contributed by atoms with Gasteiger partial charge in [0, 0.05) is 6.54 Å². The Morgan fingerprint density at radius 1 is 1.47 bits per heavy atom. The summed E-state index contributed by atoms with van der Waals surface area (Å²) in [5, 5.41) is 15.0. The molecule has 1 saturated carbocycles. The number of anilines is 1. The first-order chi connectivity index (χ1) is 9.02. The number of carboxylic acids is 1. The molecule has 1 aromatic rings. The van der Waals surface area contributed by atoms with Crippen molar-refractivity contribution in [1.29, 1.82) is 0 Å². The van der Waals surface area contributed by atoms with Gasteiger partial charge in [-0.15, -0.1) is 0 Å². The van der Waals surface area contributed by atoms with Gasteiger partial charge >= 0.3 is 12.0 Å². The minimum absolute atomic E-state index is 0.153. The molecule has 1 heterocycles. The van der Waals surface area contributed by atoms with Gasteiger partial charge in [-0.1, -0.05) is 24.2 Å². The lowest BCUT2D eigenvalue weighted by Gasteiger charge is -2.23. The number of thiazole rings is 1. The lowest BCUT2D eigenvalue weighted by atomic mass is 9.86. The number of rotatable bonds is 4. The molecule has 0 saturated heterocycles. The van der Waals surface area contributed by atoms with Crippen LogP contribution in [-0.2, 0) is 4.79 Å². The van der Waals surface area contributed by atoms with E-state index in [1.54, 1.807) is 6.20 Å². The predicted molar refractivity (Wildman–Crippen MR) is 75.4 cm³/mol. The number of carboxylic acid groups (broad SMARTS) is 1. The van der Waals surface area contributed by atoms with E-state index in [0.29, 0.717) is 18.0 Å². The van der Waals surface area contributed by atoms with Gasteiger partial charge in [-0.25, -0.2) is 9.78 Å². The Hall–Kier alpha value is -1.15. The van der Waals surface area contributed by atoms with Crippen LogP contribution in [0.25, 0.3) is 0 Å². The van der Waals surface area contributed by atoms with Crippen molar-refractivity contribution in [2.75, 3.05) is 11.9 Å². The van der Waals surface area contributed by atoms with Crippen molar-refractivity contribution < 1.29 is 14.7 Å². The average molecular weight is 348 g/mol. The van der Waals surface area contributed by atoms with Crippen LogP contribution < -0.4 is 10.6 Å². The number of halogens is 1. The zero-order chi connectivity index (χ0) is 13.9. The van der Waals surface area contributed by atoms with E-state index in [2.05, 4.69) is 31.5 Å². The molecule has 2 rings (SSSR count). The molecule has 1 aromatic heterocycles. The highest BCUT2D eigenvalue weighted by Gasteiger charge is 2.41. The smallest absolute Gasteiger partial charge is 0.321 e. The van der Waals surface area contributed by atoms with Gasteiger partial charge in [-0.05, 0) is 28.8 Å². The largest absolute Gasteiger partial charge is 0.481 e. The van der Waals surface area contributed by atoms with Crippen molar-refractivity contribution in [2.45, 2.75) is 25.7 Å². The summed E-state index contributed by atoms with van der Waals surface area (Å²) in [6.45, 7) is 0.153. The molecule has 0 bridgehead atoms. The first kappa shape index (κ1) is 14.3. The summed E-state index contributed by atoms with van der Waals surface area (Å²) in [4.78, 5) is 27.0. The van der Waals surface area contributed by atoms with Crippen LogP contribution in [0.2, 0.25) is 0 Å². The topological polar surface area (TPSA) is 91.3 Å².